The molecule has 0 saturated carbocycles. The SMILES string of the molecule is CCCCOc1cc(/C=C/C(=O)O)cc(OCCCC)c1O. The van der Waals surface area contributed by atoms with E-state index in [2.05, 4.69) is 13.8 Å². The lowest BCUT2D eigenvalue weighted by Crippen LogP contribution is -2.01. The Morgan fingerprint density at radius 1 is 1.09 bits per heavy atom. The van der Waals surface area contributed by atoms with Crippen molar-refractivity contribution >= 4 is 12.0 Å². The van der Waals surface area contributed by atoms with E-state index >= 15 is 0 Å². The molecule has 0 saturated heterocycles. The normalized spacial score (nSPS) is 10.8. The highest BCUT2D eigenvalue weighted by atomic mass is 16.5. The van der Waals surface area contributed by atoms with Crippen LogP contribution in [0.1, 0.15) is 45.1 Å². The van der Waals surface area contributed by atoms with Crippen LogP contribution in [-0.2, 0) is 4.79 Å². The van der Waals surface area contributed by atoms with Gasteiger partial charge in [-0.2, -0.15) is 0 Å². The smallest absolute Gasteiger partial charge is 0.328 e. The molecule has 0 heterocycles. The highest BCUT2D eigenvalue weighted by Gasteiger charge is 2.12. The standard InChI is InChI=1S/C17H24O5/c1-3-5-9-21-14-11-13(7-8-16(18)19)12-15(17(14)20)22-10-6-4-2/h7-8,11-12,20H,3-6,9-10H2,1-2H3,(H,18,19)/b8-7+. The molecule has 0 aliphatic heterocycles. The second-order valence-electron chi connectivity index (χ2n) is 4.94. The van der Waals surface area contributed by atoms with Gasteiger partial charge in [0.15, 0.2) is 11.5 Å². The molecule has 1 aromatic carbocycles. The molecule has 0 aliphatic carbocycles. The van der Waals surface area contributed by atoms with E-state index in [1.807, 2.05) is 0 Å². The quantitative estimate of drug-likeness (QED) is 0.507. The third kappa shape index (κ3) is 6.08. The number of ether oxygens (including phenoxy) is 2. The van der Waals surface area contributed by atoms with E-state index in [4.69, 9.17) is 14.6 Å². The van der Waals surface area contributed by atoms with E-state index in [0.29, 0.717) is 30.3 Å². The summed E-state index contributed by atoms with van der Waals surface area (Å²) in [5.41, 5.74) is 0.609. The number of phenolic OH excluding ortho intramolecular Hbond substituents is 1. The van der Waals surface area contributed by atoms with Crippen molar-refractivity contribution in [1.29, 1.82) is 0 Å². The number of phenols is 1. The molecule has 122 valence electrons. The predicted molar refractivity (Wildman–Crippen MR) is 85.6 cm³/mol. The molecule has 0 spiro atoms. The van der Waals surface area contributed by atoms with Crippen molar-refractivity contribution in [2.45, 2.75) is 39.5 Å². The summed E-state index contributed by atoms with van der Waals surface area (Å²) in [4.78, 5) is 10.6. The van der Waals surface area contributed by atoms with Crippen molar-refractivity contribution in [2.24, 2.45) is 0 Å². The first-order valence-electron chi connectivity index (χ1n) is 7.62. The van der Waals surface area contributed by atoms with Crippen LogP contribution in [0.15, 0.2) is 18.2 Å². The maximum Gasteiger partial charge on any atom is 0.328 e. The summed E-state index contributed by atoms with van der Waals surface area (Å²) in [6, 6.07) is 3.22. The molecule has 1 aromatic rings. The molecular weight excluding hydrogens is 284 g/mol. The summed E-state index contributed by atoms with van der Waals surface area (Å²) < 4.78 is 11.1. The molecule has 0 aliphatic rings. The van der Waals surface area contributed by atoms with Gasteiger partial charge in [0.25, 0.3) is 0 Å². The average molecular weight is 308 g/mol. The number of rotatable bonds is 10. The van der Waals surface area contributed by atoms with E-state index in [1.165, 1.54) is 6.08 Å². The Morgan fingerprint density at radius 2 is 1.59 bits per heavy atom. The average Bonchev–Trinajstić information content (AvgIpc) is 2.49. The minimum atomic E-state index is -1.03. The van der Waals surface area contributed by atoms with Gasteiger partial charge in [0.05, 0.1) is 13.2 Å². The number of carboxylic acid groups (broad SMARTS) is 1. The fraction of sp³-hybridized carbons (Fsp3) is 0.471. The first kappa shape index (κ1) is 17.9. The maximum absolute atomic E-state index is 10.6. The first-order valence-corrected chi connectivity index (χ1v) is 7.62. The van der Waals surface area contributed by atoms with Crippen molar-refractivity contribution in [3.05, 3.63) is 23.8 Å². The van der Waals surface area contributed by atoms with Gasteiger partial charge in [0.1, 0.15) is 0 Å². The molecule has 5 heteroatoms. The number of carbonyl (C=O) groups is 1. The Kier molecular flexibility index (Phi) is 7.89. The molecule has 1 rings (SSSR count). The molecule has 0 aromatic heterocycles. The monoisotopic (exact) mass is 308 g/mol. The summed E-state index contributed by atoms with van der Waals surface area (Å²) in [5, 5.41) is 18.9. The van der Waals surface area contributed by atoms with Crippen LogP contribution in [0, 0.1) is 0 Å². The number of carboxylic acids is 1. The molecule has 0 amide bonds. The maximum atomic E-state index is 10.6. The Balaban J connectivity index is 2.98. The van der Waals surface area contributed by atoms with Crippen molar-refractivity contribution in [2.75, 3.05) is 13.2 Å². The lowest BCUT2D eigenvalue weighted by atomic mass is 10.1. The lowest BCUT2D eigenvalue weighted by molar-refractivity contribution is -0.131. The van der Waals surface area contributed by atoms with Crippen molar-refractivity contribution in [3.8, 4) is 17.2 Å². The Hall–Kier alpha value is -2.17. The van der Waals surface area contributed by atoms with Gasteiger partial charge >= 0.3 is 5.97 Å². The van der Waals surface area contributed by atoms with Crippen LogP contribution in [0.5, 0.6) is 17.2 Å². The first-order chi connectivity index (χ1) is 10.6. The summed E-state index contributed by atoms with van der Waals surface area (Å²) >= 11 is 0. The van der Waals surface area contributed by atoms with Gasteiger partial charge in [-0.05, 0) is 36.6 Å². The molecule has 0 unspecified atom stereocenters. The van der Waals surface area contributed by atoms with Gasteiger partial charge in [0.2, 0.25) is 5.75 Å². The van der Waals surface area contributed by atoms with E-state index in [9.17, 15) is 9.90 Å². The molecule has 0 fully saturated rings. The van der Waals surface area contributed by atoms with Crippen LogP contribution in [0.3, 0.4) is 0 Å². The van der Waals surface area contributed by atoms with E-state index in [0.717, 1.165) is 31.8 Å². The second kappa shape index (κ2) is 9.71. The number of unbranched alkanes of at least 4 members (excludes halogenated alkanes) is 2. The zero-order valence-corrected chi connectivity index (χ0v) is 13.2. The minimum absolute atomic E-state index is 0.0420. The topological polar surface area (TPSA) is 76.0 Å². The summed E-state index contributed by atoms with van der Waals surface area (Å²) in [6.07, 6.45) is 6.21. The van der Waals surface area contributed by atoms with Crippen LogP contribution in [0.2, 0.25) is 0 Å². The number of aromatic hydroxyl groups is 1. The van der Waals surface area contributed by atoms with Gasteiger partial charge in [-0.25, -0.2) is 4.79 Å². The van der Waals surface area contributed by atoms with Gasteiger partial charge in [-0.3, -0.25) is 0 Å². The number of hydrogen-bond donors (Lipinski definition) is 2. The molecular formula is C17H24O5. The Bertz CT molecular complexity index is 477. The zero-order valence-electron chi connectivity index (χ0n) is 13.2. The second-order valence-corrected chi connectivity index (χ2v) is 4.94. The van der Waals surface area contributed by atoms with Crippen molar-refractivity contribution in [1.82, 2.24) is 0 Å². The van der Waals surface area contributed by atoms with E-state index in [1.54, 1.807) is 12.1 Å². The number of hydrogen-bond acceptors (Lipinski definition) is 4. The van der Waals surface area contributed by atoms with Crippen LogP contribution >= 0.6 is 0 Å². The molecule has 5 nitrogen and oxygen atoms in total. The molecule has 0 radical (unpaired) electrons. The third-order valence-electron chi connectivity index (χ3n) is 2.99. The molecule has 0 atom stereocenters. The third-order valence-corrected chi connectivity index (χ3v) is 2.99. The van der Waals surface area contributed by atoms with Gasteiger partial charge in [-0.15, -0.1) is 0 Å². The van der Waals surface area contributed by atoms with E-state index in [-0.39, 0.29) is 5.75 Å². The van der Waals surface area contributed by atoms with Crippen LogP contribution in [0.25, 0.3) is 6.08 Å². The highest BCUT2D eigenvalue weighted by molar-refractivity contribution is 5.85. The highest BCUT2D eigenvalue weighted by Crippen LogP contribution is 2.38. The summed E-state index contributed by atoms with van der Waals surface area (Å²) in [6.45, 7) is 5.08. The largest absolute Gasteiger partial charge is 0.502 e. The fourth-order valence-electron chi connectivity index (χ4n) is 1.74. The van der Waals surface area contributed by atoms with E-state index < -0.39 is 5.97 Å². The van der Waals surface area contributed by atoms with Gasteiger partial charge in [0, 0.05) is 6.08 Å². The van der Waals surface area contributed by atoms with Crippen LogP contribution in [0.4, 0.5) is 0 Å². The lowest BCUT2D eigenvalue weighted by Gasteiger charge is -2.13. The van der Waals surface area contributed by atoms with Crippen molar-refractivity contribution in [3.63, 3.8) is 0 Å². The van der Waals surface area contributed by atoms with Gasteiger partial charge in [-0.1, -0.05) is 26.7 Å². The molecule has 2 N–H and O–H groups in total. The number of aliphatic carboxylic acids is 1. The summed E-state index contributed by atoms with van der Waals surface area (Å²) in [5.74, 6) is -0.449. The number of benzene rings is 1. The van der Waals surface area contributed by atoms with Gasteiger partial charge < -0.3 is 19.7 Å². The minimum Gasteiger partial charge on any atom is -0.502 e. The molecule has 0 bridgehead atoms. The fourth-order valence-corrected chi connectivity index (χ4v) is 1.74. The Labute approximate surface area is 131 Å². The van der Waals surface area contributed by atoms with Crippen LogP contribution < -0.4 is 9.47 Å². The molecule has 22 heavy (non-hydrogen) atoms. The Morgan fingerprint density at radius 3 is 2.00 bits per heavy atom. The van der Waals surface area contributed by atoms with Crippen LogP contribution in [-0.4, -0.2) is 29.4 Å². The van der Waals surface area contributed by atoms with Crippen molar-refractivity contribution < 1.29 is 24.5 Å². The zero-order chi connectivity index (χ0) is 16.4. The predicted octanol–water partition coefficient (Wildman–Crippen LogP) is 3.85. The summed E-state index contributed by atoms with van der Waals surface area (Å²) in [7, 11) is 0.